The summed E-state index contributed by atoms with van der Waals surface area (Å²) >= 11 is 11.9. The Kier molecular flexibility index (Phi) is 4.05. The largest absolute Gasteiger partial charge is 0.379 e. The van der Waals surface area contributed by atoms with Gasteiger partial charge in [0.1, 0.15) is 0 Å². The van der Waals surface area contributed by atoms with E-state index < -0.39 is 0 Å². The molecule has 1 aliphatic heterocycles. The van der Waals surface area contributed by atoms with Crippen molar-refractivity contribution in [1.29, 1.82) is 0 Å². The van der Waals surface area contributed by atoms with Crippen molar-refractivity contribution in [2.75, 3.05) is 20.3 Å². The van der Waals surface area contributed by atoms with Gasteiger partial charge in [0.15, 0.2) is 5.78 Å². The summed E-state index contributed by atoms with van der Waals surface area (Å²) in [7, 11) is 1.82. The summed E-state index contributed by atoms with van der Waals surface area (Å²) in [5.74, 6) is -0.217. The van der Waals surface area contributed by atoms with Gasteiger partial charge in [0.05, 0.1) is 29.2 Å². The van der Waals surface area contributed by atoms with Crippen molar-refractivity contribution in [2.24, 2.45) is 5.92 Å². The Morgan fingerprint density at radius 1 is 1.41 bits per heavy atom. The fourth-order valence-corrected chi connectivity index (χ4v) is 2.38. The normalized spacial score (nSPS) is 23.9. The first-order chi connectivity index (χ1) is 8.15. The molecule has 1 N–H and O–H groups in total. The number of likely N-dealkylation sites (N-methyl/N-ethyl adjacent to an activating group) is 1. The molecule has 2 atom stereocenters. The standard InChI is InChI=1S/C12H13Cl2NO2/c1-15-10-6-17-5-8(10)12(16)7-3-2-4-9(13)11(7)14/h2-4,8,10,15H,5-6H2,1H3. The monoisotopic (exact) mass is 273 g/mol. The van der Waals surface area contributed by atoms with Gasteiger partial charge in [0.25, 0.3) is 0 Å². The van der Waals surface area contributed by atoms with Crippen molar-refractivity contribution >= 4 is 29.0 Å². The lowest BCUT2D eigenvalue weighted by molar-refractivity contribution is 0.0892. The smallest absolute Gasteiger partial charge is 0.171 e. The van der Waals surface area contributed by atoms with Crippen LogP contribution >= 0.6 is 23.2 Å². The zero-order chi connectivity index (χ0) is 12.4. The van der Waals surface area contributed by atoms with Gasteiger partial charge in [0.2, 0.25) is 0 Å². The summed E-state index contributed by atoms with van der Waals surface area (Å²) in [6.07, 6.45) is 0. The van der Waals surface area contributed by atoms with Crippen molar-refractivity contribution < 1.29 is 9.53 Å². The van der Waals surface area contributed by atoms with Crippen molar-refractivity contribution in [3.05, 3.63) is 33.8 Å². The topological polar surface area (TPSA) is 38.3 Å². The van der Waals surface area contributed by atoms with Crippen LogP contribution in [0.5, 0.6) is 0 Å². The summed E-state index contributed by atoms with van der Waals surface area (Å²) in [5, 5.41) is 3.80. The number of ether oxygens (including phenoxy) is 1. The Labute approximate surface area is 110 Å². The maximum Gasteiger partial charge on any atom is 0.171 e. The van der Waals surface area contributed by atoms with E-state index in [2.05, 4.69) is 5.32 Å². The summed E-state index contributed by atoms with van der Waals surface area (Å²) < 4.78 is 5.31. The summed E-state index contributed by atoms with van der Waals surface area (Å²) in [6.45, 7) is 0.971. The Morgan fingerprint density at radius 2 is 2.18 bits per heavy atom. The molecule has 5 heteroatoms. The maximum absolute atomic E-state index is 12.3. The van der Waals surface area contributed by atoms with Crippen LogP contribution in [0.4, 0.5) is 0 Å². The van der Waals surface area contributed by atoms with Crippen LogP contribution in [0.15, 0.2) is 18.2 Å². The highest BCUT2D eigenvalue weighted by Gasteiger charge is 2.34. The molecule has 3 nitrogen and oxygen atoms in total. The van der Waals surface area contributed by atoms with E-state index in [-0.39, 0.29) is 17.7 Å². The van der Waals surface area contributed by atoms with Crippen LogP contribution < -0.4 is 5.32 Å². The van der Waals surface area contributed by atoms with Gasteiger partial charge in [-0.25, -0.2) is 0 Å². The average molecular weight is 274 g/mol. The van der Waals surface area contributed by atoms with E-state index in [1.807, 2.05) is 7.05 Å². The van der Waals surface area contributed by atoms with E-state index in [0.717, 1.165) is 0 Å². The van der Waals surface area contributed by atoms with Crippen molar-refractivity contribution in [3.63, 3.8) is 0 Å². The van der Waals surface area contributed by atoms with E-state index in [1.54, 1.807) is 18.2 Å². The molecule has 92 valence electrons. The molecule has 0 aliphatic carbocycles. The minimum atomic E-state index is -0.198. The molecule has 1 heterocycles. The van der Waals surface area contributed by atoms with E-state index in [9.17, 15) is 4.79 Å². The molecule has 0 aromatic heterocycles. The molecule has 17 heavy (non-hydrogen) atoms. The van der Waals surface area contributed by atoms with Crippen LogP contribution in [0.25, 0.3) is 0 Å². The van der Waals surface area contributed by atoms with Gasteiger partial charge in [-0.15, -0.1) is 0 Å². The first kappa shape index (κ1) is 12.8. The average Bonchev–Trinajstić information content (AvgIpc) is 2.80. The lowest BCUT2D eigenvalue weighted by Crippen LogP contribution is -2.37. The van der Waals surface area contributed by atoms with Crippen LogP contribution in [0.1, 0.15) is 10.4 Å². The third-order valence-corrected chi connectivity index (χ3v) is 3.82. The quantitative estimate of drug-likeness (QED) is 0.860. The molecule has 1 aliphatic rings. The molecule has 0 bridgehead atoms. The van der Waals surface area contributed by atoms with E-state index >= 15 is 0 Å². The predicted molar refractivity (Wildman–Crippen MR) is 67.9 cm³/mol. The number of nitrogens with one attached hydrogen (secondary N) is 1. The molecule has 0 radical (unpaired) electrons. The molecule has 0 saturated carbocycles. The summed E-state index contributed by atoms with van der Waals surface area (Å²) in [5.41, 5.74) is 0.468. The lowest BCUT2D eigenvalue weighted by Gasteiger charge is -2.16. The van der Waals surface area contributed by atoms with Crippen molar-refractivity contribution in [3.8, 4) is 0 Å². The molecule has 0 amide bonds. The van der Waals surface area contributed by atoms with Crippen LogP contribution in [0.3, 0.4) is 0 Å². The zero-order valence-electron chi connectivity index (χ0n) is 9.37. The fourth-order valence-electron chi connectivity index (χ4n) is 1.99. The number of ketones is 1. The van der Waals surface area contributed by atoms with Crippen LogP contribution in [0, 0.1) is 5.92 Å². The molecule has 1 aromatic carbocycles. The molecule has 0 spiro atoms. The van der Waals surface area contributed by atoms with E-state index in [1.165, 1.54) is 0 Å². The molecule has 1 fully saturated rings. The first-order valence-electron chi connectivity index (χ1n) is 5.38. The highest BCUT2D eigenvalue weighted by atomic mass is 35.5. The highest BCUT2D eigenvalue weighted by molar-refractivity contribution is 6.44. The Bertz CT molecular complexity index is 437. The van der Waals surface area contributed by atoms with Gasteiger partial charge in [0, 0.05) is 11.6 Å². The second-order valence-corrected chi connectivity index (χ2v) is 4.79. The number of benzene rings is 1. The second kappa shape index (κ2) is 5.36. The summed E-state index contributed by atoms with van der Waals surface area (Å²) in [6, 6.07) is 5.13. The summed E-state index contributed by atoms with van der Waals surface area (Å²) in [4.78, 5) is 12.3. The minimum absolute atomic E-state index is 0.0191. The number of hydrogen-bond acceptors (Lipinski definition) is 3. The maximum atomic E-state index is 12.3. The number of carbonyl (C=O) groups excluding carboxylic acids is 1. The Hall–Kier alpha value is -0.610. The number of carbonyl (C=O) groups is 1. The SMILES string of the molecule is CNC1COCC1C(=O)c1cccc(Cl)c1Cl. The molecular formula is C12H13Cl2NO2. The van der Waals surface area contributed by atoms with Crippen molar-refractivity contribution in [1.82, 2.24) is 5.32 Å². The Morgan fingerprint density at radius 3 is 2.88 bits per heavy atom. The molecule has 1 aromatic rings. The van der Waals surface area contributed by atoms with Gasteiger partial charge >= 0.3 is 0 Å². The van der Waals surface area contributed by atoms with E-state index in [0.29, 0.717) is 28.8 Å². The number of rotatable bonds is 3. The van der Waals surface area contributed by atoms with Gasteiger partial charge in [-0.2, -0.15) is 0 Å². The van der Waals surface area contributed by atoms with Crippen LogP contribution in [0.2, 0.25) is 10.0 Å². The number of Topliss-reactive ketones (excluding diaryl/α,β-unsaturated/α-hetero) is 1. The molecular weight excluding hydrogens is 261 g/mol. The molecule has 2 rings (SSSR count). The van der Waals surface area contributed by atoms with Crippen molar-refractivity contribution in [2.45, 2.75) is 6.04 Å². The van der Waals surface area contributed by atoms with Gasteiger partial charge in [-0.05, 0) is 19.2 Å². The molecule has 1 saturated heterocycles. The Balaban J connectivity index is 2.28. The van der Waals surface area contributed by atoms with E-state index in [4.69, 9.17) is 27.9 Å². The number of hydrogen-bond donors (Lipinski definition) is 1. The van der Waals surface area contributed by atoms with Gasteiger partial charge < -0.3 is 10.1 Å². The first-order valence-corrected chi connectivity index (χ1v) is 6.14. The van der Waals surface area contributed by atoms with Crippen LogP contribution in [-0.4, -0.2) is 32.1 Å². The third kappa shape index (κ3) is 2.47. The zero-order valence-corrected chi connectivity index (χ0v) is 10.9. The third-order valence-electron chi connectivity index (χ3n) is 3.01. The number of halogens is 2. The minimum Gasteiger partial charge on any atom is -0.379 e. The lowest BCUT2D eigenvalue weighted by atomic mass is 9.93. The fraction of sp³-hybridized carbons (Fsp3) is 0.417. The second-order valence-electron chi connectivity index (χ2n) is 4.00. The highest BCUT2D eigenvalue weighted by Crippen LogP contribution is 2.29. The van der Waals surface area contributed by atoms with Gasteiger partial charge in [-0.1, -0.05) is 29.3 Å². The van der Waals surface area contributed by atoms with Gasteiger partial charge in [-0.3, -0.25) is 4.79 Å². The predicted octanol–water partition coefficient (Wildman–Crippen LogP) is 2.41. The molecule has 2 unspecified atom stereocenters. The van der Waals surface area contributed by atoms with Crippen LogP contribution in [-0.2, 0) is 4.74 Å².